The molecule has 1 aliphatic heterocycles. The first-order valence-corrected chi connectivity index (χ1v) is 10.8. The van der Waals surface area contributed by atoms with Gasteiger partial charge in [0.1, 0.15) is 6.33 Å². The van der Waals surface area contributed by atoms with Crippen LogP contribution in [0.4, 0.5) is 0 Å². The maximum Gasteiger partial charge on any atom is 0.243 e. The number of quaternary nitrogens is 1. The van der Waals surface area contributed by atoms with E-state index in [0.29, 0.717) is 36.0 Å². The van der Waals surface area contributed by atoms with E-state index in [1.165, 1.54) is 4.90 Å². The summed E-state index contributed by atoms with van der Waals surface area (Å²) < 4.78 is 31.7. The van der Waals surface area contributed by atoms with Crippen LogP contribution in [0.3, 0.4) is 0 Å². The lowest BCUT2D eigenvalue weighted by molar-refractivity contribution is -0.926. The molecular formula is C18H26N5O2S2+. The zero-order chi connectivity index (χ0) is 19.6. The normalized spacial score (nSPS) is 16.5. The van der Waals surface area contributed by atoms with Crippen LogP contribution in [0.1, 0.15) is 11.1 Å². The summed E-state index contributed by atoms with van der Waals surface area (Å²) in [5, 5.41) is 4.34. The number of aryl methyl sites for hydroxylation is 2. The lowest BCUT2D eigenvalue weighted by atomic mass is 10.1. The number of benzene rings is 1. The van der Waals surface area contributed by atoms with E-state index in [0.717, 1.165) is 24.2 Å². The smallest absolute Gasteiger partial charge is 0.243 e. The van der Waals surface area contributed by atoms with E-state index in [1.54, 1.807) is 33.5 Å². The molecule has 1 fully saturated rings. The Kier molecular flexibility index (Phi) is 5.95. The standard InChI is InChI=1S/C18H25N5O2S2/c1-4-7-21-13-19-23(18(21)26)14-20-8-10-22(11-9-20)27(24,25)17-6-5-15(2)16(3)12-17/h4-6,12-13H,1,7-11,14H2,2-3H3/p+1. The number of rotatable bonds is 6. The zero-order valence-electron chi connectivity index (χ0n) is 15.8. The topological polar surface area (TPSA) is 64.6 Å². The average Bonchev–Trinajstić information content (AvgIpc) is 2.98. The Morgan fingerprint density at radius 2 is 1.96 bits per heavy atom. The predicted octanol–water partition coefficient (Wildman–Crippen LogP) is 0.764. The maximum absolute atomic E-state index is 12.9. The van der Waals surface area contributed by atoms with Crippen molar-refractivity contribution in [1.29, 1.82) is 0 Å². The highest BCUT2D eigenvalue weighted by molar-refractivity contribution is 7.89. The van der Waals surface area contributed by atoms with Gasteiger partial charge in [0.2, 0.25) is 14.8 Å². The summed E-state index contributed by atoms with van der Waals surface area (Å²) in [4.78, 5) is 1.64. The van der Waals surface area contributed by atoms with Gasteiger partial charge in [0.05, 0.1) is 31.1 Å². The largest absolute Gasteiger partial charge is 0.314 e. The molecule has 0 bridgehead atoms. The fourth-order valence-corrected chi connectivity index (χ4v) is 4.94. The Balaban J connectivity index is 1.65. The van der Waals surface area contributed by atoms with Crippen molar-refractivity contribution >= 4 is 22.2 Å². The summed E-state index contributed by atoms with van der Waals surface area (Å²) >= 11 is 5.42. The van der Waals surface area contributed by atoms with Crippen molar-refractivity contribution in [2.45, 2.75) is 32.0 Å². The minimum atomic E-state index is -3.45. The lowest BCUT2D eigenvalue weighted by Crippen LogP contribution is -3.14. The molecule has 146 valence electrons. The number of piperazine rings is 1. The van der Waals surface area contributed by atoms with Gasteiger partial charge in [0, 0.05) is 6.54 Å². The third-order valence-corrected chi connectivity index (χ3v) is 7.38. The number of allylic oxidation sites excluding steroid dienone is 1. The minimum Gasteiger partial charge on any atom is -0.314 e. The first-order chi connectivity index (χ1) is 12.8. The molecule has 0 spiro atoms. The van der Waals surface area contributed by atoms with Crippen LogP contribution in [0.2, 0.25) is 0 Å². The molecule has 0 aliphatic carbocycles. The van der Waals surface area contributed by atoms with E-state index in [2.05, 4.69) is 11.7 Å². The number of hydrogen-bond acceptors (Lipinski definition) is 4. The molecule has 0 atom stereocenters. The summed E-state index contributed by atoms with van der Waals surface area (Å²) in [5.74, 6) is 0. The van der Waals surface area contributed by atoms with Crippen LogP contribution in [-0.4, -0.2) is 53.2 Å². The van der Waals surface area contributed by atoms with Crippen molar-refractivity contribution in [3.05, 3.63) is 53.1 Å². The van der Waals surface area contributed by atoms with Gasteiger partial charge in [0.15, 0.2) is 6.67 Å². The molecule has 1 aromatic heterocycles. The van der Waals surface area contributed by atoms with Gasteiger partial charge in [-0.05, 0) is 49.3 Å². The zero-order valence-corrected chi connectivity index (χ0v) is 17.4. The fourth-order valence-electron chi connectivity index (χ4n) is 3.18. The molecule has 0 radical (unpaired) electrons. The van der Waals surface area contributed by atoms with Crippen LogP contribution in [0, 0.1) is 18.6 Å². The second-order valence-corrected chi connectivity index (χ2v) is 9.22. The highest BCUT2D eigenvalue weighted by Crippen LogP contribution is 2.19. The molecule has 2 aromatic rings. The summed E-state index contributed by atoms with van der Waals surface area (Å²) in [6.45, 7) is 11.3. The monoisotopic (exact) mass is 408 g/mol. The van der Waals surface area contributed by atoms with Gasteiger partial charge < -0.3 is 9.47 Å². The molecule has 0 amide bonds. The summed E-state index contributed by atoms with van der Waals surface area (Å²) in [6.07, 6.45) is 3.50. The molecule has 2 heterocycles. The number of nitrogens with zero attached hydrogens (tertiary/aromatic N) is 4. The Morgan fingerprint density at radius 3 is 2.59 bits per heavy atom. The van der Waals surface area contributed by atoms with E-state index in [-0.39, 0.29) is 0 Å². The molecule has 1 aliphatic rings. The SMILES string of the molecule is C=CCn1cnn(C[NH+]2CCN(S(=O)(=O)c3ccc(C)c(C)c3)CC2)c1=S. The van der Waals surface area contributed by atoms with Gasteiger partial charge in [-0.3, -0.25) is 0 Å². The third kappa shape index (κ3) is 4.21. The van der Waals surface area contributed by atoms with Gasteiger partial charge in [-0.1, -0.05) is 12.1 Å². The Morgan fingerprint density at radius 1 is 1.26 bits per heavy atom. The van der Waals surface area contributed by atoms with Crippen molar-refractivity contribution in [3.63, 3.8) is 0 Å². The number of sulfonamides is 1. The van der Waals surface area contributed by atoms with Crippen LogP contribution >= 0.6 is 12.2 Å². The van der Waals surface area contributed by atoms with Gasteiger partial charge in [0.25, 0.3) is 0 Å². The molecular weight excluding hydrogens is 382 g/mol. The van der Waals surface area contributed by atoms with Crippen LogP contribution in [0.25, 0.3) is 0 Å². The molecule has 1 N–H and O–H groups in total. The highest BCUT2D eigenvalue weighted by Gasteiger charge is 2.30. The molecule has 3 rings (SSSR count). The Labute approximate surface area is 165 Å². The Bertz CT molecular complexity index is 985. The summed E-state index contributed by atoms with van der Waals surface area (Å²) in [7, 11) is -3.45. The first kappa shape index (κ1) is 19.9. The van der Waals surface area contributed by atoms with Gasteiger partial charge in [-0.15, -0.1) is 6.58 Å². The van der Waals surface area contributed by atoms with Crippen LogP contribution in [-0.2, 0) is 23.2 Å². The fraction of sp³-hybridized carbons (Fsp3) is 0.444. The van der Waals surface area contributed by atoms with Crippen molar-refractivity contribution in [3.8, 4) is 0 Å². The van der Waals surface area contributed by atoms with E-state index >= 15 is 0 Å². The van der Waals surface area contributed by atoms with Gasteiger partial charge in [-0.25, -0.2) is 8.42 Å². The van der Waals surface area contributed by atoms with Crippen LogP contribution in [0.15, 0.2) is 42.1 Å². The maximum atomic E-state index is 12.9. The lowest BCUT2D eigenvalue weighted by Gasteiger charge is -2.31. The number of aromatic nitrogens is 3. The van der Waals surface area contributed by atoms with Crippen LogP contribution in [0.5, 0.6) is 0 Å². The molecule has 0 saturated carbocycles. The van der Waals surface area contributed by atoms with E-state index in [1.807, 2.05) is 24.5 Å². The number of hydrogen-bond donors (Lipinski definition) is 1. The first-order valence-electron chi connectivity index (χ1n) is 8.97. The molecule has 27 heavy (non-hydrogen) atoms. The van der Waals surface area contributed by atoms with Crippen molar-refractivity contribution in [1.82, 2.24) is 18.7 Å². The highest BCUT2D eigenvalue weighted by atomic mass is 32.2. The molecule has 1 saturated heterocycles. The predicted molar refractivity (Wildman–Crippen MR) is 107 cm³/mol. The molecule has 7 nitrogen and oxygen atoms in total. The summed E-state index contributed by atoms with van der Waals surface area (Å²) in [5.41, 5.74) is 2.08. The van der Waals surface area contributed by atoms with Crippen LogP contribution < -0.4 is 4.90 Å². The third-order valence-electron chi connectivity index (χ3n) is 5.04. The molecule has 1 aromatic carbocycles. The number of nitrogens with one attached hydrogen (secondary N) is 1. The van der Waals surface area contributed by atoms with Gasteiger partial charge in [-0.2, -0.15) is 14.1 Å². The van der Waals surface area contributed by atoms with Crippen molar-refractivity contribution in [2.75, 3.05) is 26.2 Å². The van der Waals surface area contributed by atoms with E-state index in [9.17, 15) is 8.42 Å². The van der Waals surface area contributed by atoms with Crippen molar-refractivity contribution < 1.29 is 13.3 Å². The molecule has 9 heteroatoms. The van der Waals surface area contributed by atoms with E-state index in [4.69, 9.17) is 12.2 Å². The minimum absolute atomic E-state index is 0.374. The second kappa shape index (κ2) is 8.05. The average molecular weight is 409 g/mol. The summed E-state index contributed by atoms with van der Waals surface area (Å²) in [6, 6.07) is 5.32. The quantitative estimate of drug-likeness (QED) is 0.566. The van der Waals surface area contributed by atoms with Crippen molar-refractivity contribution in [2.24, 2.45) is 0 Å². The second-order valence-electron chi connectivity index (χ2n) is 6.91. The molecule has 0 unspecified atom stereocenters. The van der Waals surface area contributed by atoms with Gasteiger partial charge >= 0.3 is 0 Å². The van der Waals surface area contributed by atoms with E-state index < -0.39 is 10.0 Å². The Hall–Kier alpha value is -1.81.